The number of methoxy groups -OCH3 is 1. The molecule has 7 nitrogen and oxygen atoms in total. The Kier molecular flexibility index (Phi) is 5.20. The highest BCUT2D eigenvalue weighted by atomic mass is 127. The third kappa shape index (κ3) is 3.84. The van der Waals surface area contributed by atoms with Crippen molar-refractivity contribution in [3.05, 3.63) is 37.7 Å². The Labute approximate surface area is 132 Å². The Morgan fingerprint density at radius 2 is 2.30 bits per heavy atom. The van der Waals surface area contributed by atoms with E-state index < -0.39 is 4.92 Å². The van der Waals surface area contributed by atoms with Gasteiger partial charge in [0, 0.05) is 31.1 Å². The van der Waals surface area contributed by atoms with Crippen LogP contribution in [0.4, 0.5) is 5.69 Å². The fourth-order valence-electron chi connectivity index (χ4n) is 1.35. The second-order valence-corrected chi connectivity index (χ2v) is 5.57. The smallest absolute Gasteiger partial charge is 0.298 e. The van der Waals surface area contributed by atoms with Gasteiger partial charge in [-0.05, 0) is 28.7 Å². The van der Waals surface area contributed by atoms with E-state index in [0.717, 1.165) is 15.1 Å². The summed E-state index contributed by atoms with van der Waals surface area (Å²) in [6.07, 6.45) is 0.600. The molecule has 0 bridgehead atoms. The summed E-state index contributed by atoms with van der Waals surface area (Å²) in [5.41, 5.74) is -0.0236. The molecule has 9 heteroatoms. The van der Waals surface area contributed by atoms with Crippen LogP contribution in [0.15, 0.2) is 18.2 Å². The summed E-state index contributed by atoms with van der Waals surface area (Å²) in [6.45, 7) is 0.532. The van der Waals surface area contributed by atoms with E-state index in [0.29, 0.717) is 29.8 Å². The molecule has 0 saturated carbocycles. The molecule has 1 heterocycles. The molecule has 1 aromatic heterocycles. The molecule has 0 amide bonds. The number of ether oxygens (including phenoxy) is 2. The third-order valence-corrected chi connectivity index (χ3v) is 3.83. The van der Waals surface area contributed by atoms with Crippen LogP contribution >= 0.6 is 34.1 Å². The zero-order valence-electron chi connectivity index (χ0n) is 10.4. The SMILES string of the molecule is COCCc1nsc(Oc2cc([N+](=O)[O-])ccc2I)n1. The van der Waals surface area contributed by atoms with Gasteiger partial charge in [-0.15, -0.1) is 0 Å². The number of nitro groups is 1. The van der Waals surface area contributed by atoms with Gasteiger partial charge in [-0.2, -0.15) is 9.36 Å². The molecule has 0 saturated heterocycles. The molecule has 0 aliphatic heterocycles. The fraction of sp³-hybridized carbons (Fsp3) is 0.273. The fourth-order valence-corrected chi connectivity index (χ4v) is 2.39. The predicted octanol–water partition coefficient (Wildman–Crippen LogP) is 3.03. The first-order valence-electron chi connectivity index (χ1n) is 5.53. The van der Waals surface area contributed by atoms with Crippen LogP contribution in [-0.4, -0.2) is 28.0 Å². The molecule has 0 unspecified atom stereocenters. The van der Waals surface area contributed by atoms with Gasteiger partial charge in [0.1, 0.15) is 5.82 Å². The number of benzene rings is 1. The van der Waals surface area contributed by atoms with Crippen molar-refractivity contribution in [2.75, 3.05) is 13.7 Å². The Balaban J connectivity index is 2.14. The second kappa shape index (κ2) is 6.90. The molecule has 2 rings (SSSR count). The van der Waals surface area contributed by atoms with Crippen molar-refractivity contribution in [3.63, 3.8) is 0 Å². The number of nitrogens with zero attached hydrogens (tertiary/aromatic N) is 3. The number of hydrogen-bond donors (Lipinski definition) is 0. The molecule has 2 aromatic rings. The molecule has 1 aromatic carbocycles. The summed E-state index contributed by atoms with van der Waals surface area (Å²) in [6, 6.07) is 4.43. The van der Waals surface area contributed by atoms with Crippen LogP contribution in [-0.2, 0) is 11.2 Å². The van der Waals surface area contributed by atoms with Crippen LogP contribution in [0.1, 0.15) is 5.82 Å². The number of halogens is 1. The van der Waals surface area contributed by atoms with Gasteiger partial charge in [0.15, 0.2) is 5.75 Å². The minimum Gasteiger partial charge on any atom is -0.428 e. The van der Waals surface area contributed by atoms with Crippen molar-refractivity contribution in [2.24, 2.45) is 0 Å². The van der Waals surface area contributed by atoms with Crippen LogP contribution in [0.5, 0.6) is 10.9 Å². The molecule has 0 aliphatic carbocycles. The van der Waals surface area contributed by atoms with Crippen molar-refractivity contribution < 1.29 is 14.4 Å². The van der Waals surface area contributed by atoms with E-state index in [-0.39, 0.29) is 5.69 Å². The largest absolute Gasteiger partial charge is 0.428 e. The van der Waals surface area contributed by atoms with E-state index in [1.54, 1.807) is 13.2 Å². The summed E-state index contributed by atoms with van der Waals surface area (Å²) in [5.74, 6) is 1.03. The van der Waals surface area contributed by atoms with E-state index >= 15 is 0 Å². The maximum Gasteiger partial charge on any atom is 0.298 e. The first-order valence-corrected chi connectivity index (χ1v) is 7.38. The van der Waals surface area contributed by atoms with Crippen molar-refractivity contribution in [3.8, 4) is 10.9 Å². The van der Waals surface area contributed by atoms with Crippen molar-refractivity contribution in [2.45, 2.75) is 6.42 Å². The molecule has 0 radical (unpaired) electrons. The van der Waals surface area contributed by atoms with E-state index in [9.17, 15) is 10.1 Å². The topological polar surface area (TPSA) is 87.4 Å². The van der Waals surface area contributed by atoms with Gasteiger partial charge in [-0.3, -0.25) is 10.1 Å². The van der Waals surface area contributed by atoms with E-state index in [4.69, 9.17) is 9.47 Å². The Morgan fingerprint density at radius 3 is 3.00 bits per heavy atom. The van der Waals surface area contributed by atoms with Gasteiger partial charge in [-0.1, -0.05) is 0 Å². The zero-order valence-corrected chi connectivity index (χ0v) is 13.4. The number of non-ortho nitro benzene ring substituents is 1. The van der Waals surface area contributed by atoms with Gasteiger partial charge < -0.3 is 9.47 Å². The quantitative estimate of drug-likeness (QED) is 0.416. The third-order valence-electron chi connectivity index (χ3n) is 2.30. The van der Waals surface area contributed by atoms with Gasteiger partial charge in [0.25, 0.3) is 10.9 Å². The molecular formula is C11H10IN3O4S. The Morgan fingerprint density at radius 1 is 1.50 bits per heavy atom. The second-order valence-electron chi connectivity index (χ2n) is 3.69. The molecule has 0 atom stereocenters. The standard InChI is InChI=1S/C11H10IN3O4S/c1-18-5-4-10-13-11(20-14-10)19-9-6-7(15(16)17)2-3-8(9)12/h2-3,6H,4-5H2,1H3. The number of hydrogen-bond acceptors (Lipinski definition) is 7. The normalized spacial score (nSPS) is 10.5. The van der Waals surface area contributed by atoms with E-state index in [2.05, 4.69) is 9.36 Å². The summed E-state index contributed by atoms with van der Waals surface area (Å²) >= 11 is 3.15. The highest BCUT2D eigenvalue weighted by Crippen LogP contribution is 2.31. The van der Waals surface area contributed by atoms with Crippen LogP contribution in [0.25, 0.3) is 0 Å². The van der Waals surface area contributed by atoms with Crippen LogP contribution in [0, 0.1) is 13.7 Å². The van der Waals surface area contributed by atoms with Crippen molar-refractivity contribution in [1.29, 1.82) is 0 Å². The molecule has 0 aliphatic rings. The average molecular weight is 407 g/mol. The number of aromatic nitrogens is 2. The zero-order chi connectivity index (χ0) is 14.5. The highest BCUT2D eigenvalue weighted by molar-refractivity contribution is 14.1. The van der Waals surface area contributed by atoms with Gasteiger partial charge in [0.05, 0.1) is 21.2 Å². The molecular weight excluding hydrogens is 397 g/mol. The molecule has 0 spiro atoms. The lowest BCUT2D eigenvalue weighted by Crippen LogP contribution is -1.96. The number of nitro benzene ring substituents is 1. The lowest BCUT2D eigenvalue weighted by atomic mass is 10.3. The van der Waals surface area contributed by atoms with Crippen LogP contribution in [0.3, 0.4) is 0 Å². The highest BCUT2D eigenvalue weighted by Gasteiger charge is 2.13. The first kappa shape index (κ1) is 15.1. The summed E-state index contributed by atoms with van der Waals surface area (Å²) in [7, 11) is 1.61. The average Bonchev–Trinajstić information content (AvgIpc) is 2.86. The lowest BCUT2D eigenvalue weighted by Gasteiger charge is -2.03. The summed E-state index contributed by atoms with van der Waals surface area (Å²) in [4.78, 5) is 14.5. The monoisotopic (exact) mass is 407 g/mol. The Hall–Kier alpha value is -1.33. The van der Waals surface area contributed by atoms with E-state index in [1.165, 1.54) is 12.1 Å². The van der Waals surface area contributed by atoms with Crippen LogP contribution < -0.4 is 4.74 Å². The van der Waals surface area contributed by atoms with E-state index in [1.807, 2.05) is 22.6 Å². The molecule has 0 fully saturated rings. The summed E-state index contributed by atoms with van der Waals surface area (Å²) < 4.78 is 15.4. The van der Waals surface area contributed by atoms with Crippen molar-refractivity contribution in [1.82, 2.24) is 9.36 Å². The first-order chi connectivity index (χ1) is 9.60. The molecule has 0 N–H and O–H groups in total. The molecule has 106 valence electrons. The minimum atomic E-state index is -0.465. The maximum absolute atomic E-state index is 10.7. The van der Waals surface area contributed by atoms with Crippen molar-refractivity contribution >= 4 is 39.8 Å². The van der Waals surface area contributed by atoms with Gasteiger partial charge >= 0.3 is 0 Å². The number of rotatable bonds is 6. The minimum absolute atomic E-state index is 0.0236. The van der Waals surface area contributed by atoms with Crippen LogP contribution in [0.2, 0.25) is 0 Å². The maximum atomic E-state index is 10.7. The molecule has 20 heavy (non-hydrogen) atoms. The van der Waals surface area contributed by atoms with Gasteiger partial charge in [0.2, 0.25) is 0 Å². The lowest BCUT2D eigenvalue weighted by molar-refractivity contribution is -0.384. The Bertz CT molecular complexity index is 619. The summed E-state index contributed by atoms with van der Waals surface area (Å²) in [5, 5.41) is 11.1. The predicted molar refractivity (Wildman–Crippen MR) is 81.4 cm³/mol. The van der Waals surface area contributed by atoms with Gasteiger partial charge in [-0.25, -0.2) is 0 Å².